The van der Waals surface area contributed by atoms with Gasteiger partial charge in [0.2, 0.25) is 5.91 Å². The number of hydrogen-bond donors (Lipinski definition) is 1. The second-order valence-electron chi connectivity index (χ2n) is 5.20. The fraction of sp³-hybridized carbons (Fsp3) is 0.500. The molecule has 1 amide bonds. The van der Waals surface area contributed by atoms with Crippen molar-refractivity contribution in [2.75, 3.05) is 44.7 Å². The first-order valence-electron chi connectivity index (χ1n) is 6.68. The molecule has 5 nitrogen and oxygen atoms in total. The molecule has 110 valence electrons. The molecule has 0 saturated carbocycles. The van der Waals surface area contributed by atoms with Crippen LogP contribution in [0, 0.1) is 6.92 Å². The average Bonchev–Trinajstić information content (AvgIpc) is 2.42. The Morgan fingerprint density at radius 1 is 1.30 bits per heavy atom. The summed E-state index contributed by atoms with van der Waals surface area (Å²) < 4.78 is 12.3. The molecule has 0 aliphatic carbocycles. The van der Waals surface area contributed by atoms with Crippen molar-refractivity contribution in [3.8, 4) is 0 Å². The Morgan fingerprint density at radius 3 is 2.60 bits per heavy atom. The number of anilines is 1. The van der Waals surface area contributed by atoms with Gasteiger partial charge in [-0.2, -0.15) is 0 Å². The van der Waals surface area contributed by atoms with Crippen molar-refractivity contribution in [3.05, 3.63) is 23.8 Å². The van der Waals surface area contributed by atoms with E-state index in [1.807, 2.05) is 20.0 Å². The highest BCUT2D eigenvalue weighted by atomic mass is 32.2. The van der Waals surface area contributed by atoms with Crippen LogP contribution in [-0.2, 0) is 15.6 Å². The Morgan fingerprint density at radius 2 is 1.95 bits per heavy atom. The molecule has 1 unspecified atom stereocenters. The Balaban J connectivity index is 2.00. The van der Waals surface area contributed by atoms with E-state index in [2.05, 4.69) is 4.90 Å². The lowest BCUT2D eigenvalue weighted by atomic mass is 10.2. The zero-order valence-corrected chi connectivity index (χ0v) is 12.8. The third-order valence-electron chi connectivity index (χ3n) is 3.57. The minimum atomic E-state index is -1.33. The van der Waals surface area contributed by atoms with Gasteiger partial charge in [-0.3, -0.25) is 9.00 Å². The summed E-state index contributed by atoms with van der Waals surface area (Å²) in [5, 5.41) is 0. The Labute approximate surface area is 122 Å². The van der Waals surface area contributed by atoms with Gasteiger partial charge in [0, 0.05) is 36.8 Å². The minimum absolute atomic E-state index is 0.0357. The van der Waals surface area contributed by atoms with Crippen LogP contribution in [0.5, 0.6) is 0 Å². The fourth-order valence-corrected chi connectivity index (χ4v) is 3.46. The number of hydrogen-bond acceptors (Lipinski definition) is 4. The number of carbonyl (C=O) groups is 1. The van der Waals surface area contributed by atoms with Crippen LogP contribution in [0.4, 0.5) is 5.69 Å². The number of likely N-dealkylation sites (N-methyl/N-ethyl adjacent to an activating group) is 1. The van der Waals surface area contributed by atoms with Crippen molar-refractivity contribution in [2.24, 2.45) is 0 Å². The molecule has 1 fully saturated rings. The Kier molecular flexibility index (Phi) is 4.77. The second kappa shape index (κ2) is 6.37. The van der Waals surface area contributed by atoms with Crippen LogP contribution in [0.2, 0.25) is 0 Å². The minimum Gasteiger partial charge on any atom is -0.399 e. The maximum absolute atomic E-state index is 12.3. The molecule has 1 aliphatic heterocycles. The number of benzene rings is 1. The smallest absolute Gasteiger partial charge is 0.235 e. The first kappa shape index (κ1) is 15.0. The number of nitrogens with zero attached hydrogens (tertiary/aromatic N) is 2. The maximum Gasteiger partial charge on any atom is 0.235 e. The standard InChI is InChI=1S/C14H21N3O2S/c1-11-3-4-12(15)9-13(11)20(19)10-14(18)17-7-5-16(2)6-8-17/h3-4,9H,5-8,10,15H2,1-2H3. The van der Waals surface area contributed by atoms with Gasteiger partial charge in [-0.25, -0.2) is 0 Å². The third kappa shape index (κ3) is 3.58. The van der Waals surface area contributed by atoms with Crippen molar-refractivity contribution in [1.29, 1.82) is 0 Å². The highest BCUT2D eigenvalue weighted by Gasteiger charge is 2.21. The van der Waals surface area contributed by atoms with E-state index in [0.29, 0.717) is 23.7 Å². The molecule has 1 aliphatic rings. The van der Waals surface area contributed by atoms with E-state index in [4.69, 9.17) is 5.73 Å². The van der Waals surface area contributed by atoms with Crippen LogP contribution in [0.3, 0.4) is 0 Å². The summed E-state index contributed by atoms with van der Waals surface area (Å²) in [5.41, 5.74) is 7.20. The summed E-state index contributed by atoms with van der Waals surface area (Å²) in [6.07, 6.45) is 0. The summed E-state index contributed by atoms with van der Waals surface area (Å²) in [5.74, 6) is -0.00756. The van der Waals surface area contributed by atoms with Gasteiger partial charge in [0.25, 0.3) is 0 Å². The quantitative estimate of drug-likeness (QED) is 0.823. The first-order valence-corrected chi connectivity index (χ1v) is 8.00. The monoisotopic (exact) mass is 295 g/mol. The third-order valence-corrected chi connectivity index (χ3v) is 5.01. The normalized spacial score (nSPS) is 18.0. The van der Waals surface area contributed by atoms with Gasteiger partial charge in [-0.15, -0.1) is 0 Å². The topological polar surface area (TPSA) is 66.6 Å². The molecular formula is C14H21N3O2S. The van der Waals surface area contributed by atoms with E-state index in [0.717, 1.165) is 18.7 Å². The summed E-state index contributed by atoms with van der Waals surface area (Å²) in [4.78, 5) is 16.8. The average molecular weight is 295 g/mol. The van der Waals surface area contributed by atoms with Crippen LogP contribution < -0.4 is 5.73 Å². The van der Waals surface area contributed by atoms with Gasteiger partial charge >= 0.3 is 0 Å². The van der Waals surface area contributed by atoms with Gasteiger partial charge in [0.1, 0.15) is 5.75 Å². The summed E-state index contributed by atoms with van der Waals surface area (Å²) in [6, 6.07) is 5.31. The van der Waals surface area contributed by atoms with Crippen molar-refractivity contribution in [2.45, 2.75) is 11.8 Å². The van der Waals surface area contributed by atoms with E-state index in [9.17, 15) is 9.00 Å². The van der Waals surface area contributed by atoms with Crippen LogP contribution in [0.1, 0.15) is 5.56 Å². The van der Waals surface area contributed by atoms with E-state index >= 15 is 0 Å². The number of nitrogen functional groups attached to an aromatic ring is 1. The van der Waals surface area contributed by atoms with Crippen LogP contribution in [0.15, 0.2) is 23.1 Å². The van der Waals surface area contributed by atoms with E-state index < -0.39 is 10.8 Å². The zero-order valence-electron chi connectivity index (χ0n) is 12.0. The van der Waals surface area contributed by atoms with Crippen LogP contribution >= 0.6 is 0 Å². The lowest BCUT2D eigenvalue weighted by Gasteiger charge is -2.32. The molecule has 6 heteroatoms. The predicted molar refractivity (Wildman–Crippen MR) is 80.9 cm³/mol. The summed E-state index contributed by atoms with van der Waals surface area (Å²) >= 11 is 0. The molecule has 1 aromatic rings. The van der Waals surface area contributed by atoms with Gasteiger partial charge in [-0.1, -0.05) is 6.07 Å². The number of amides is 1. The molecule has 0 spiro atoms. The molecule has 0 bridgehead atoms. The van der Waals surface area contributed by atoms with Crippen molar-refractivity contribution < 1.29 is 9.00 Å². The van der Waals surface area contributed by atoms with Crippen molar-refractivity contribution in [3.63, 3.8) is 0 Å². The Hall–Kier alpha value is -1.40. The predicted octanol–water partition coefficient (Wildman–Crippen LogP) is 0.459. The van der Waals surface area contributed by atoms with Gasteiger partial charge in [0.15, 0.2) is 0 Å². The lowest BCUT2D eigenvalue weighted by molar-refractivity contribution is -0.129. The van der Waals surface area contributed by atoms with Crippen molar-refractivity contribution in [1.82, 2.24) is 9.80 Å². The highest BCUT2D eigenvalue weighted by Crippen LogP contribution is 2.17. The number of rotatable bonds is 3. The van der Waals surface area contributed by atoms with E-state index in [-0.39, 0.29) is 11.7 Å². The fourth-order valence-electron chi connectivity index (χ4n) is 2.20. The molecular weight excluding hydrogens is 274 g/mol. The van der Waals surface area contributed by atoms with E-state index in [1.165, 1.54) is 0 Å². The molecule has 1 saturated heterocycles. The molecule has 0 aromatic heterocycles. The Bertz CT molecular complexity index is 525. The summed E-state index contributed by atoms with van der Waals surface area (Å²) in [6.45, 7) is 5.04. The van der Waals surface area contributed by atoms with Gasteiger partial charge in [-0.05, 0) is 31.7 Å². The molecule has 1 aromatic carbocycles. The van der Waals surface area contributed by atoms with Crippen molar-refractivity contribution >= 4 is 22.4 Å². The summed E-state index contributed by atoms with van der Waals surface area (Å²) in [7, 11) is 0.707. The number of nitrogens with two attached hydrogens (primary N) is 1. The first-order chi connectivity index (χ1) is 9.47. The number of carbonyl (C=O) groups excluding carboxylic acids is 1. The highest BCUT2D eigenvalue weighted by molar-refractivity contribution is 7.85. The van der Waals surface area contributed by atoms with Gasteiger partial charge < -0.3 is 15.5 Å². The van der Waals surface area contributed by atoms with Gasteiger partial charge in [0.05, 0.1) is 10.8 Å². The maximum atomic E-state index is 12.3. The zero-order chi connectivity index (χ0) is 14.7. The lowest BCUT2D eigenvalue weighted by Crippen LogP contribution is -2.48. The molecule has 2 rings (SSSR count). The molecule has 2 N–H and O–H groups in total. The number of piperazine rings is 1. The molecule has 20 heavy (non-hydrogen) atoms. The SMILES string of the molecule is Cc1ccc(N)cc1S(=O)CC(=O)N1CCN(C)CC1. The van der Waals surface area contributed by atoms with Crippen LogP contribution in [-0.4, -0.2) is 58.9 Å². The largest absolute Gasteiger partial charge is 0.399 e. The number of aryl methyl sites for hydroxylation is 1. The van der Waals surface area contributed by atoms with Crippen LogP contribution in [0.25, 0.3) is 0 Å². The molecule has 1 heterocycles. The molecule has 0 radical (unpaired) electrons. The molecule has 1 atom stereocenters. The second-order valence-corrected chi connectivity index (χ2v) is 6.62. The van der Waals surface area contributed by atoms with E-state index in [1.54, 1.807) is 17.0 Å².